The Balaban J connectivity index is 1.61. The molecule has 2 aromatic rings. The van der Waals surface area contributed by atoms with Crippen molar-refractivity contribution in [2.75, 3.05) is 13.1 Å². The molecule has 0 unspecified atom stereocenters. The molecule has 1 saturated heterocycles. The van der Waals surface area contributed by atoms with Crippen LogP contribution in [0.15, 0.2) is 24.0 Å². The van der Waals surface area contributed by atoms with Crippen molar-refractivity contribution in [1.82, 2.24) is 19.9 Å². The summed E-state index contributed by atoms with van der Waals surface area (Å²) in [7, 11) is 0. The van der Waals surface area contributed by atoms with Crippen molar-refractivity contribution < 1.29 is 9.53 Å². The number of aryl methyl sites for hydroxylation is 1. The zero-order chi connectivity index (χ0) is 13.9. The fourth-order valence-corrected chi connectivity index (χ4v) is 2.74. The predicted octanol–water partition coefficient (Wildman–Crippen LogP) is 1.54. The van der Waals surface area contributed by atoms with E-state index in [1.54, 1.807) is 22.5 Å². The molecule has 6 nitrogen and oxygen atoms in total. The number of aromatic nitrogens is 3. The number of nitrogens with zero attached hydrogens (tertiary/aromatic N) is 4. The molecule has 1 aliphatic heterocycles. The maximum Gasteiger partial charge on any atom is 0.273 e. The largest absolute Gasteiger partial charge is 0.472 e. The van der Waals surface area contributed by atoms with Gasteiger partial charge in [-0.2, -0.15) is 0 Å². The van der Waals surface area contributed by atoms with Crippen LogP contribution in [0.25, 0.3) is 0 Å². The Morgan fingerprint density at radius 3 is 3.15 bits per heavy atom. The van der Waals surface area contributed by atoms with Crippen molar-refractivity contribution in [1.29, 1.82) is 0 Å². The first kappa shape index (κ1) is 13.0. The first-order chi connectivity index (χ1) is 9.72. The molecule has 104 valence electrons. The topological polar surface area (TPSA) is 68.2 Å². The second-order valence-corrected chi connectivity index (χ2v) is 5.64. The summed E-state index contributed by atoms with van der Waals surface area (Å²) in [6.07, 6.45) is 3.87. The lowest BCUT2D eigenvalue weighted by Gasteiger charge is -2.15. The van der Waals surface area contributed by atoms with Gasteiger partial charge in [-0.15, -0.1) is 11.3 Å². The number of likely N-dealkylation sites (tertiary alicyclic amines) is 1. The van der Waals surface area contributed by atoms with Crippen molar-refractivity contribution in [3.63, 3.8) is 0 Å². The van der Waals surface area contributed by atoms with E-state index in [2.05, 4.69) is 15.0 Å². The lowest BCUT2D eigenvalue weighted by Crippen LogP contribution is -2.31. The van der Waals surface area contributed by atoms with Gasteiger partial charge in [0.15, 0.2) is 0 Å². The number of amides is 1. The van der Waals surface area contributed by atoms with Crippen LogP contribution >= 0.6 is 11.3 Å². The maximum absolute atomic E-state index is 12.2. The molecule has 1 amide bonds. The van der Waals surface area contributed by atoms with Crippen molar-refractivity contribution in [3.8, 4) is 5.88 Å². The van der Waals surface area contributed by atoms with Crippen LogP contribution in [0.1, 0.15) is 21.9 Å². The third-order valence-electron chi connectivity index (χ3n) is 3.11. The van der Waals surface area contributed by atoms with Crippen LogP contribution in [0.3, 0.4) is 0 Å². The molecule has 0 saturated carbocycles. The summed E-state index contributed by atoms with van der Waals surface area (Å²) >= 11 is 1.49. The Morgan fingerprint density at radius 1 is 1.55 bits per heavy atom. The van der Waals surface area contributed by atoms with E-state index in [0.717, 1.165) is 11.4 Å². The normalized spacial score (nSPS) is 18.2. The minimum atomic E-state index is -0.0249. The fraction of sp³-hybridized carbons (Fsp3) is 0.385. The van der Waals surface area contributed by atoms with Gasteiger partial charge in [0.1, 0.15) is 18.1 Å². The molecule has 0 spiro atoms. The SMILES string of the molecule is Cc1nc(C(=O)N2CC[C@H](Oc3ccncn3)C2)cs1. The number of hydrogen-bond donors (Lipinski definition) is 0. The van der Waals surface area contributed by atoms with Crippen LogP contribution in [0.4, 0.5) is 0 Å². The third-order valence-corrected chi connectivity index (χ3v) is 3.89. The average Bonchev–Trinajstić information content (AvgIpc) is 3.08. The fourth-order valence-electron chi connectivity index (χ4n) is 2.15. The Kier molecular flexibility index (Phi) is 3.60. The number of ether oxygens (including phenoxy) is 1. The van der Waals surface area contributed by atoms with E-state index in [-0.39, 0.29) is 12.0 Å². The minimum absolute atomic E-state index is 0.0198. The second kappa shape index (κ2) is 5.54. The molecule has 1 fully saturated rings. The van der Waals surface area contributed by atoms with Crippen molar-refractivity contribution >= 4 is 17.2 Å². The molecule has 3 rings (SSSR count). The monoisotopic (exact) mass is 290 g/mol. The maximum atomic E-state index is 12.2. The Morgan fingerprint density at radius 2 is 2.45 bits per heavy atom. The van der Waals surface area contributed by atoms with Crippen LogP contribution in [-0.4, -0.2) is 45.0 Å². The van der Waals surface area contributed by atoms with Gasteiger partial charge in [0.05, 0.1) is 11.6 Å². The lowest BCUT2D eigenvalue weighted by atomic mass is 10.3. The van der Waals surface area contributed by atoms with Gasteiger partial charge < -0.3 is 9.64 Å². The molecule has 0 aliphatic carbocycles. The molecule has 2 aromatic heterocycles. The van der Waals surface area contributed by atoms with Gasteiger partial charge in [-0.3, -0.25) is 4.79 Å². The molecular formula is C13H14N4O2S. The standard InChI is InChI=1S/C13H14N4O2S/c1-9-16-11(7-20-9)13(18)17-5-3-10(6-17)19-12-2-4-14-8-15-12/h2,4,7-8,10H,3,5-6H2,1H3/t10-/m0/s1. The predicted molar refractivity (Wildman–Crippen MR) is 73.8 cm³/mol. The first-order valence-electron chi connectivity index (χ1n) is 6.36. The summed E-state index contributed by atoms with van der Waals surface area (Å²) in [5.74, 6) is 0.520. The second-order valence-electron chi connectivity index (χ2n) is 4.58. The zero-order valence-electron chi connectivity index (χ0n) is 11.0. The van der Waals surface area contributed by atoms with Crippen LogP contribution < -0.4 is 4.74 Å². The molecule has 20 heavy (non-hydrogen) atoms. The molecule has 1 atom stereocenters. The number of hydrogen-bond acceptors (Lipinski definition) is 6. The van der Waals surface area contributed by atoms with Gasteiger partial charge in [0.2, 0.25) is 5.88 Å². The smallest absolute Gasteiger partial charge is 0.273 e. The highest BCUT2D eigenvalue weighted by atomic mass is 32.1. The highest BCUT2D eigenvalue weighted by molar-refractivity contribution is 7.09. The Bertz CT molecular complexity index is 601. The molecule has 0 bridgehead atoms. The molecule has 0 radical (unpaired) electrons. The van der Waals surface area contributed by atoms with Gasteiger partial charge in [-0.1, -0.05) is 0 Å². The lowest BCUT2D eigenvalue weighted by molar-refractivity contribution is 0.0766. The summed E-state index contributed by atoms with van der Waals surface area (Å²) in [6, 6.07) is 1.72. The van der Waals surface area contributed by atoms with Crippen molar-refractivity contribution in [3.05, 3.63) is 34.7 Å². The number of rotatable bonds is 3. The van der Waals surface area contributed by atoms with Crippen LogP contribution in [0.5, 0.6) is 5.88 Å². The van der Waals surface area contributed by atoms with Crippen molar-refractivity contribution in [2.45, 2.75) is 19.4 Å². The molecule has 0 N–H and O–H groups in total. The highest BCUT2D eigenvalue weighted by Gasteiger charge is 2.29. The van der Waals surface area contributed by atoms with Crippen molar-refractivity contribution in [2.24, 2.45) is 0 Å². The Hall–Kier alpha value is -2.02. The highest BCUT2D eigenvalue weighted by Crippen LogP contribution is 2.18. The quantitative estimate of drug-likeness (QED) is 0.857. The summed E-state index contributed by atoms with van der Waals surface area (Å²) in [4.78, 5) is 26.1. The van der Waals surface area contributed by atoms with Crippen LogP contribution in [-0.2, 0) is 0 Å². The zero-order valence-corrected chi connectivity index (χ0v) is 11.8. The molecule has 1 aliphatic rings. The number of carbonyl (C=O) groups is 1. The van der Waals surface area contributed by atoms with E-state index in [1.165, 1.54) is 17.7 Å². The number of carbonyl (C=O) groups excluding carboxylic acids is 1. The minimum Gasteiger partial charge on any atom is -0.472 e. The van der Waals surface area contributed by atoms with Crippen LogP contribution in [0.2, 0.25) is 0 Å². The Labute approximate surface area is 120 Å². The van der Waals surface area contributed by atoms with E-state index in [4.69, 9.17) is 4.74 Å². The summed E-state index contributed by atoms with van der Waals surface area (Å²) in [5, 5.41) is 2.71. The van der Waals surface area contributed by atoms with E-state index >= 15 is 0 Å². The van der Waals surface area contributed by atoms with E-state index in [0.29, 0.717) is 24.7 Å². The van der Waals surface area contributed by atoms with Gasteiger partial charge in [-0.25, -0.2) is 15.0 Å². The summed E-state index contributed by atoms with van der Waals surface area (Å²) < 4.78 is 5.73. The van der Waals surface area contributed by atoms with Gasteiger partial charge in [0, 0.05) is 30.6 Å². The molecule has 3 heterocycles. The van der Waals surface area contributed by atoms with Gasteiger partial charge in [0.25, 0.3) is 5.91 Å². The third kappa shape index (κ3) is 2.77. The average molecular weight is 290 g/mol. The van der Waals surface area contributed by atoms with Gasteiger partial charge >= 0.3 is 0 Å². The van der Waals surface area contributed by atoms with Crippen LogP contribution in [0, 0.1) is 6.92 Å². The summed E-state index contributed by atoms with van der Waals surface area (Å²) in [5.41, 5.74) is 0.523. The number of thiazole rings is 1. The first-order valence-corrected chi connectivity index (χ1v) is 7.24. The van der Waals surface area contributed by atoms with Gasteiger partial charge in [-0.05, 0) is 6.92 Å². The molecule has 7 heteroatoms. The van der Waals surface area contributed by atoms with E-state index < -0.39 is 0 Å². The molecular weight excluding hydrogens is 276 g/mol. The van der Waals surface area contributed by atoms with E-state index in [1.807, 2.05) is 6.92 Å². The molecule has 0 aromatic carbocycles. The summed E-state index contributed by atoms with van der Waals surface area (Å²) in [6.45, 7) is 3.15. The van der Waals surface area contributed by atoms with E-state index in [9.17, 15) is 4.79 Å².